The van der Waals surface area contributed by atoms with E-state index in [-0.39, 0.29) is 18.7 Å². The average Bonchev–Trinajstić information content (AvgIpc) is 3.23. The first-order valence-corrected chi connectivity index (χ1v) is 9.67. The lowest BCUT2D eigenvalue weighted by atomic mass is 10.1. The van der Waals surface area contributed by atoms with Crippen molar-refractivity contribution in [3.8, 4) is 0 Å². The van der Waals surface area contributed by atoms with E-state index in [4.69, 9.17) is 10.5 Å². The number of carbonyl (C=O) groups excluding carboxylic acids is 1. The normalized spacial score (nSPS) is 12.1. The van der Waals surface area contributed by atoms with E-state index in [1.807, 2.05) is 35.0 Å². The zero-order valence-electron chi connectivity index (χ0n) is 13.4. The quantitative estimate of drug-likeness (QED) is 0.724. The third-order valence-corrected chi connectivity index (χ3v) is 5.18. The molecule has 2 heterocycles. The molecule has 2 aromatic heterocycles. The van der Waals surface area contributed by atoms with E-state index in [0.717, 1.165) is 29.0 Å². The van der Waals surface area contributed by atoms with E-state index >= 15 is 0 Å². The van der Waals surface area contributed by atoms with Crippen LogP contribution in [0.3, 0.4) is 0 Å². The molecule has 0 saturated carbocycles. The molecule has 0 radical (unpaired) electrons. The predicted octanol–water partition coefficient (Wildman–Crippen LogP) is 4.47. The first-order valence-electron chi connectivity index (χ1n) is 7.91. The van der Waals surface area contributed by atoms with Gasteiger partial charge in [0.1, 0.15) is 6.61 Å². The van der Waals surface area contributed by atoms with Crippen LogP contribution >= 0.6 is 22.7 Å². The van der Waals surface area contributed by atoms with Crippen molar-refractivity contribution in [2.45, 2.75) is 45.3 Å². The van der Waals surface area contributed by atoms with Crippen molar-refractivity contribution in [1.29, 1.82) is 0 Å². The Bertz CT molecular complexity index is 519. The Hall–Kier alpha value is -1.37. The minimum Gasteiger partial charge on any atom is -0.448 e. The fraction of sp³-hybridized carbons (Fsp3) is 0.471. The van der Waals surface area contributed by atoms with Crippen LogP contribution in [0.15, 0.2) is 35.0 Å². The molecule has 0 bridgehead atoms. The zero-order chi connectivity index (χ0) is 16.5. The third-order valence-electron chi connectivity index (χ3n) is 3.46. The van der Waals surface area contributed by atoms with Gasteiger partial charge in [-0.25, -0.2) is 4.79 Å². The molecule has 0 spiro atoms. The number of amides is 1. The number of hydrogen-bond donors (Lipinski definition) is 1. The third kappa shape index (κ3) is 6.33. The molecule has 126 valence electrons. The van der Waals surface area contributed by atoms with E-state index < -0.39 is 0 Å². The highest BCUT2D eigenvalue weighted by Gasteiger charge is 2.18. The van der Waals surface area contributed by atoms with Crippen molar-refractivity contribution in [3.05, 3.63) is 44.8 Å². The maximum Gasteiger partial charge on any atom is 0.410 e. The van der Waals surface area contributed by atoms with E-state index in [1.165, 1.54) is 0 Å². The number of rotatable bonds is 9. The van der Waals surface area contributed by atoms with Crippen LogP contribution in [0.5, 0.6) is 0 Å². The second-order valence-corrected chi connectivity index (χ2v) is 7.56. The Balaban J connectivity index is 1.90. The number of nitrogens with zero attached hydrogens (tertiary/aromatic N) is 1. The van der Waals surface area contributed by atoms with E-state index in [9.17, 15) is 4.79 Å². The Morgan fingerprint density at radius 1 is 1.22 bits per heavy atom. The lowest BCUT2D eigenvalue weighted by Gasteiger charge is -2.22. The maximum absolute atomic E-state index is 12.4. The molecule has 0 aromatic carbocycles. The molecular formula is C17H24N2O2S2. The SMILES string of the molecule is CCCCC(N)COC(=O)N(Cc1cccs1)Cc1cccs1. The molecule has 6 heteroatoms. The first-order chi connectivity index (χ1) is 11.2. The summed E-state index contributed by atoms with van der Waals surface area (Å²) in [5.41, 5.74) is 5.99. The second-order valence-electron chi connectivity index (χ2n) is 5.49. The van der Waals surface area contributed by atoms with Crippen LogP contribution in [-0.2, 0) is 17.8 Å². The summed E-state index contributed by atoms with van der Waals surface area (Å²) in [5.74, 6) is 0. The van der Waals surface area contributed by atoms with Crippen LogP contribution in [0.1, 0.15) is 35.9 Å². The van der Waals surface area contributed by atoms with E-state index in [1.54, 1.807) is 27.6 Å². The molecule has 2 rings (SSSR count). The lowest BCUT2D eigenvalue weighted by Crippen LogP contribution is -2.34. The number of unbranched alkanes of at least 4 members (excludes halogenated alkanes) is 1. The topological polar surface area (TPSA) is 55.6 Å². The Labute approximate surface area is 145 Å². The van der Waals surface area contributed by atoms with E-state index in [0.29, 0.717) is 13.1 Å². The summed E-state index contributed by atoms with van der Waals surface area (Å²) < 4.78 is 5.43. The van der Waals surface area contributed by atoms with Gasteiger partial charge < -0.3 is 10.5 Å². The lowest BCUT2D eigenvalue weighted by molar-refractivity contribution is 0.0914. The van der Waals surface area contributed by atoms with Gasteiger partial charge in [0, 0.05) is 15.8 Å². The molecule has 1 unspecified atom stereocenters. The molecule has 1 atom stereocenters. The Morgan fingerprint density at radius 2 is 1.83 bits per heavy atom. The summed E-state index contributed by atoms with van der Waals surface area (Å²) in [4.78, 5) is 16.5. The van der Waals surface area contributed by atoms with Crippen LogP contribution in [0.4, 0.5) is 4.79 Å². The van der Waals surface area contributed by atoms with Gasteiger partial charge >= 0.3 is 6.09 Å². The minimum absolute atomic E-state index is 0.0794. The van der Waals surface area contributed by atoms with Crippen LogP contribution in [0, 0.1) is 0 Å². The summed E-state index contributed by atoms with van der Waals surface area (Å²) in [6.45, 7) is 3.55. The summed E-state index contributed by atoms with van der Waals surface area (Å²) in [7, 11) is 0. The van der Waals surface area contributed by atoms with Crippen LogP contribution in [-0.4, -0.2) is 23.6 Å². The molecule has 23 heavy (non-hydrogen) atoms. The van der Waals surface area contributed by atoms with Gasteiger partial charge in [-0.2, -0.15) is 0 Å². The van der Waals surface area contributed by atoms with Crippen molar-refractivity contribution >= 4 is 28.8 Å². The molecule has 0 saturated heterocycles. The molecule has 0 aliphatic heterocycles. The van der Waals surface area contributed by atoms with Gasteiger partial charge in [0.2, 0.25) is 0 Å². The van der Waals surface area contributed by atoms with Gasteiger partial charge in [-0.15, -0.1) is 22.7 Å². The van der Waals surface area contributed by atoms with Gasteiger partial charge in [-0.05, 0) is 29.3 Å². The molecule has 4 nitrogen and oxygen atoms in total. The molecule has 1 amide bonds. The van der Waals surface area contributed by atoms with Crippen molar-refractivity contribution < 1.29 is 9.53 Å². The van der Waals surface area contributed by atoms with Gasteiger partial charge in [-0.3, -0.25) is 4.90 Å². The molecule has 2 N–H and O–H groups in total. The van der Waals surface area contributed by atoms with Gasteiger partial charge in [0.15, 0.2) is 0 Å². The van der Waals surface area contributed by atoms with Gasteiger partial charge in [0.25, 0.3) is 0 Å². The highest BCUT2D eigenvalue weighted by molar-refractivity contribution is 7.10. The van der Waals surface area contributed by atoms with Crippen molar-refractivity contribution in [2.24, 2.45) is 5.73 Å². The molecule has 0 aliphatic carbocycles. The standard InChI is InChI=1S/C17H24N2O2S2/c1-2-3-6-14(18)13-21-17(20)19(11-15-7-4-9-22-15)12-16-8-5-10-23-16/h4-5,7-10,14H,2-3,6,11-13,18H2,1H3. The molecule has 0 aliphatic rings. The smallest absolute Gasteiger partial charge is 0.410 e. The van der Waals surface area contributed by atoms with Crippen molar-refractivity contribution in [3.63, 3.8) is 0 Å². The van der Waals surface area contributed by atoms with E-state index in [2.05, 4.69) is 6.92 Å². The molecule has 2 aromatic rings. The molecule has 0 fully saturated rings. The maximum atomic E-state index is 12.4. The summed E-state index contributed by atoms with van der Waals surface area (Å²) in [6, 6.07) is 7.98. The first kappa shape index (κ1) is 18.0. The summed E-state index contributed by atoms with van der Waals surface area (Å²) >= 11 is 3.29. The van der Waals surface area contributed by atoms with Crippen LogP contribution < -0.4 is 5.73 Å². The fourth-order valence-corrected chi connectivity index (χ4v) is 3.62. The number of carbonyl (C=O) groups is 1. The predicted molar refractivity (Wildman–Crippen MR) is 96.7 cm³/mol. The zero-order valence-corrected chi connectivity index (χ0v) is 15.1. The van der Waals surface area contributed by atoms with Crippen LogP contribution in [0.25, 0.3) is 0 Å². The largest absolute Gasteiger partial charge is 0.448 e. The minimum atomic E-state index is -0.293. The Kier molecular flexibility index (Phi) is 7.58. The van der Waals surface area contributed by atoms with Crippen molar-refractivity contribution in [1.82, 2.24) is 4.90 Å². The van der Waals surface area contributed by atoms with Gasteiger partial charge in [0.05, 0.1) is 13.1 Å². The van der Waals surface area contributed by atoms with Crippen molar-refractivity contribution in [2.75, 3.05) is 6.61 Å². The summed E-state index contributed by atoms with van der Waals surface area (Å²) in [5, 5.41) is 4.04. The highest BCUT2D eigenvalue weighted by atomic mass is 32.1. The van der Waals surface area contributed by atoms with Crippen LogP contribution in [0.2, 0.25) is 0 Å². The number of nitrogens with two attached hydrogens (primary N) is 1. The summed E-state index contributed by atoms with van der Waals surface area (Å²) in [6.07, 6.45) is 2.76. The van der Waals surface area contributed by atoms with Gasteiger partial charge in [-0.1, -0.05) is 31.9 Å². The number of ether oxygens (including phenoxy) is 1. The average molecular weight is 353 g/mol. The fourth-order valence-electron chi connectivity index (χ4n) is 2.19. The second kappa shape index (κ2) is 9.70. The number of hydrogen-bond acceptors (Lipinski definition) is 5. The highest BCUT2D eigenvalue weighted by Crippen LogP contribution is 2.18. The number of thiophene rings is 2. The monoisotopic (exact) mass is 352 g/mol. The molecular weight excluding hydrogens is 328 g/mol. The Morgan fingerprint density at radius 3 is 2.30 bits per heavy atom.